The fraction of sp³-hybridized carbons (Fsp3) is 0.545. The van der Waals surface area contributed by atoms with E-state index in [2.05, 4.69) is 29.9 Å². The molecule has 0 saturated carbocycles. The van der Waals surface area contributed by atoms with Gasteiger partial charge in [-0.1, -0.05) is 0 Å². The number of hydrogen-bond acceptors (Lipinski definition) is 17. The van der Waals surface area contributed by atoms with Crippen LogP contribution in [0.1, 0.15) is 18.3 Å². The number of nitrogens with one attached hydrogen (secondary N) is 2. The third-order valence-electron chi connectivity index (χ3n) is 7.80. The van der Waals surface area contributed by atoms with E-state index in [0.29, 0.717) is 0 Å². The van der Waals surface area contributed by atoms with Gasteiger partial charge in [-0.25, -0.2) is 33.9 Å². The Bertz CT molecular complexity index is 1980. The predicted molar refractivity (Wildman–Crippen MR) is 158 cm³/mol. The molecule has 6 N–H and O–H groups in total. The maximum absolute atomic E-state index is 16.2. The van der Waals surface area contributed by atoms with Crippen molar-refractivity contribution in [2.75, 3.05) is 25.6 Å². The van der Waals surface area contributed by atoms with Crippen LogP contribution in [0.5, 0.6) is 0 Å². The lowest BCUT2D eigenvalue weighted by Gasteiger charge is -2.30. The second kappa shape index (κ2) is 12.0. The van der Waals surface area contributed by atoms with E-state index in [9.17, 15) is 24.2 Å². The highest BCUT2D eigenvalue weighted by Gasteiger charge is 2.53. The van der Waals surface area contributed by atoms with E-state index in [1.54, 1.807) is 6.92 Å². The number of aryl methyl sites for hydroxylation is 1. The van der Waals surface area contributed by atoms with Crippen LogP contribution in [0.25, 0.3) is 22.3 Å². The van der Waals surface area contributed by atoms with E-state index < -0.39 is 97.1 Å². The number of H-pyrrole nitrogens is 1. The van der Waals surface area contributed by atoms with E-state index in [1.165, 1.54) is 27.0 Å². The number of anilines is 1. The zero-order chi connectivity index (χ0) is 33.2. The molecule has 21 nitrogen and oxygen atoms in total. The van der Waals surface area contributed by atoms with Crippen molar-refractivity contribution < 1.29 is 51.4 Å². The Hall–Kier alpha value is -3.21. The number of aromatic amines is 1. The van der Waals surface area contributed by atoms with Crippen LogP contribution in [0.2, 0.25) is 0 Å². The van der Waals surface area contributed by atoms with Gasteiger partial charge in [0.05, 0.1) is 46.1 Å². The van der Waals surface area contributed by atoms with Crippen molar-refractivity contribution in [3.63, 3.8) is 0 Å². The molecule has 25 heteroatoms. The normalized spacial score (nSPS) is 36.6. The van der Waals surface area contributed by atoms with Gasteiger partial charge >= 0.3 is 7.75 Å². The summed E-state index contributed by atoms with van der Waals surface area (Å²) in [6.07, 6.45) is -6.40. The molecule has 2 bridgehead atoms. The van der Waals surface area contributed by atoms with Gasteiger partial charge in [0.1, 0.15) is 43.5 Å². The number of alkyl halides is 1. The summed E-state index contributed by atoms with van der Waals surface area (Å²) in [5, 5.41) is 21.8. The van der Waals surface area contributed by atoms with E-state index in [1.807, 2.05) is 0 Å². The van der Waals surface area contributed by atoms with Crippen molar-refractivity contribution in [2.45, 2.75) is 50.0 Å². The molecule has 3 saturated heterocycles. The van der Waals surface area contributed by atoms with Crippen LogP contribution in [0.3, 0.4) is 0 Å². The maximum Gasteiger partial charge on any atom is 0.428 e. The van der Waals surface area contributed by atoms with Crippen LogP contribution in [0.15, 0.2) is 23.8 Å². The number of rotatable bonds is 4. The summed E-state index contributed by atoms with van der Waals surface area (Å²) in [6.45, 7) is -0.163. The van der Waals surface area contributed by atoms with Crippen LogP contribution < -0.4 is 16.5 Å². The molecule has 4 aromatic rings. The molecule has 0 radical (unpaired) electrons. The van der Waals surface area contributed by atoms with Gasteiger partial charge in [0, 0.05) is 5.92 Å². The van der Waals surface area contributed by atoms with Gasteiger partial charge in [-0.15, -0.1) is 5.25 Å². The predicted octanol–water partition coefficient (Wildman–Crippen LogP) is -1.03. The number of fused-ring (bicyclic) bond motifs is 5. The van der Waals surface area contributed by atoms with Crippen LogP contribution in [0.4, 0.5) is 10.2 Å². The Morgan fingerprint density at radius 3 is 2.49 bits per heavy atom. The fourth-order valence-corrected chi connectivity index (χ4v) is 7.52. The lowest BCUT2D eigenvalue weighted by Crippen LogP contribution is -2.35. The monoisotopic (exact) mass is 701 g/mol. The Kier molecular flexibility index (Phi) is 8.29. The molecular formula is C22H29BFN10O11P2-. The molecule has 0 amide bonds. The Morgan fingerprint density at radius 1 is 1.04 bits per heavy atom. The highest BCUT2D eigenvalue weighted by Crippen LogP contribution is 2.54. The smallest absolute Gasteiger partial charge is 0.396 e. The number of nitrogens with zero attached hydrogens (tertiary/aromatic N) is 7. The first-order valence-corrected chi connectivity index (χ1v) is 16.3. The van der Waals surface area contributed by atoms with Crippen molar-refractivity contribution in [1.29, 1.82) is 0 Å². The van der Waals surface area contributed by atoms with Gasteiger partial charge in [0.2, 0.25) is 0 Å². The first-order chi connectivity index (χ1) is 22.4. The number of halogens is 1. The summed E-state index contributed by atoms with van der Waals surface area (Å²) in [6, 6.07) is 0. The SMILES string of the molecule is [BH3-][P@]1(=O)OC[C@H]2O[C@@H](n3cnc4c(N)ncnc43)[C@@H](F)C2OP(=O)(NO)OC[C@H]2O[C@@H](n3cnc4c(=O)[nH]c(C)nc43)[C@@H](O1)C2CO. The number of hydrogen-bond donors (Lipinski definition) is 5. The first kappa shape index (κ1) is 32.3. The van der Waals surface area contributed by atoms with Crippen molar-refractivity contribution in [1.82, 2.24) is 44.3 Å². The lowest BCUT2D eigenvalue weighted by molar-refractivity contribution is -0.0600. The quantitative estimate of drug-likeness (QED) is 0.0966. The largest absolute Gasteiger partial charge is 0.428 e. The van der Waals surface area contributed by atoms with Crippen LogP contribution in [-0.2, 0) is 36.7 Å². The highest BCUT2D eigenvalue weighted by atomic mass is 31.2. The molecule has 4 aromatic heterocycles. The third kappa shape index (κ3) is 5.70. The van der Waals surface area contributed by atoms with E-state index in [-0.39, 0.29) is 34.0 Å². The minimum atomic E-state index is -4.73. The van der Waals surface area contributed by atoms with E-state index >= 15 is 4.39 Å². The van der Waals surface area contributed by atoms with Gasteiger partial charge in [-0.2, -0.15) is 0 Å². The number of nitrogen functional groups attached to an aromatic ring is 1. The van der Waals surface area contributed by atoms with Crippen molar-refractivity contribution in [2.24, 2.45) is 5.92 Å². The topological polar surface area (TPSA) is 275 Å². The van der Waals surface area contributed by atoms with E-state index in [4.69, 9.17) is 33.3 Å². The third-order valence-corrected chi connectivity index (χ3v) is 9.83. The molecule has 47 heavy (non-hydrogen) atoms. The van der Waals surface area contributed by atoms with Crippen LogP contribution >= 0.6 is 15.2 Å². The number of nitrogens with two attached hydrogens (primary N) is 1. The number of ether oxygens (including phenoxy) is 2. The number of aliphatic hydroxyl groups excluding tert-OH is 1. The number of aliphatic hydroxyl groups is 1. The molecule has 3 unspecified atom stereocenters. The molecule has 3 fully saturated rings. The van der Waals surface area contributed by atoms with Gasteiger partial charge in [0.25, 0.3) is 5.56 Å². The average molecular weight is 701 g/mol. The van der Waals surface area contributed by atoms with E-state index in [0.717, 1.165) is 6.33 Å². The average Bonchev–Trinajstić information content (AvgIpc) is 3.79. The lowest BCUT2D eigenvalue weighted by atomic mass is 9.99. The second-order valence-corrected chi connectivity index (χ2v) is 13.1. The summed E-state index contributed by atoms with van der Waals surface area (Å²) >= 11 is 0. The molecule has 7 heterocycles. The summed E-state index contributed by atoms with van der Waals surface area (Å²) in [5.41, 5.74) is 5.79. The standard InChI is InChI=1S/C22H29BFN10O11P2/c1-8-30-19-14(20(36)31-8)29-7-34(19)22-15-9(2-35)10(42-22)3-41-47(39,32-37)45-16-11(4-40-46(23,38)44-15)43-21(12(16)24)33-6-28-13-17(25)26-5-27-18(13)33/h5-7,9-12,15-16,21-22,35,37H,2-4H2,1,23H3,(H,32,39)(H2,25,26,27)(H,30,31,36)/q-1/t9?,10-,11-,12+,15+,16?,21-,22-,46+,47?/m1/s1. The Morgan fingerprint density at radius 2 is 1.74 bits per heavy atom. The van der Waals surface area contributed by atoms with Crippen LogP contribution in [-0.4, -0.2) is 107 Å². The summed E-state index contributed by atoms with van der Waals surface area (Å²) < 4.78 is 81.3. The van der Waals surface area contributed by atoms with Gasteiger partial charge in [-0.05, 0) is 6.92 Å². The summed E-state index contributed by atoms with van der Waals surface area (Å²) in [7, 11) is -9.86. The molecular weight excluding hydrogens is 672 g/mol. The highest BCUT2D eigenvalue weighted by molar-refractivity contribution is 7.79. The molecule has 0 aliphatic carbocycles. The Balaban J connectivity index is 1.24. The van der Waals surface area contributed by atoms with Crippen molar-refractivity contribution in [3.05, 3.63) is 35.2 Å². The van der Waals surface area contributed by atoms with Gasteiger partial charge in [-0.3, -0.25) is 23.0 Å². The Labute approximate surface area is 263 Å². The number of imidazole rings is 2. The minimum absolute atomic E-state index is 0.00707. The number of aromatic nitrogens is 8. The second-order valence-electron chi connectivity index (χ2n) is 10.5. The first-order valence-electron chi connectivity index (χ1n) is 13.6. The minimum Gasteiger partial charge on any atom is -0.396 e. The molecule has 0 spiro atoms. The molecule has 254 valence electrons. The summed E-state index contributed by atoms with van der Waals surface area (Å²) in [4.78, 5) is 35.6. The molecule has 10 atom stereocenters. The van der Waals surface area contributed by atoms with Crippen molar-refractivity contribution in [3.8, 4) is 0 Å². The van der Waals surface area contributed by atoms with Gasteiger partial charge < -0.3 is 44.1 Å². The van der Waals surface area contributed by atoms with Crippen molar-refractivity contribution >= 4 is 50.9 Å². The zero-order valence-corrected chi connectivity index (χ0v) is 25.3. The molecule has 3 aliphatic heterocycles. The zero-order valence-electron chi connectivity index (χ0n) is 23.5. The summed E-state index contributed by atoms with van der Waals surface area (Å²) in [5.74, 6) is -0.630. The molecule has 0 aromatic carbocycles. The maximum atomic E-state index is 16.2. The van der Waals surface area contributed by atoms with Crippen LogP contribution in [0, 0.1) is 12.8 Å². The molecule has 3 aliphatic rings. The molecule has 7 rings (SSSR count). The fourth-order valence-electron chi connectivity index (χ4n) is 5.65. The van der Waals surface area contributed by atoms with Gasteiger partial charge in [0.15, 0.2) is 41.3 Å².